The third kappa shape index (κ3) is 3.11. The highest BCUT2D eigenvalue weighted by atomic mass is 79.9. The second kappa shape index (κ2) is 5.90. The van der Waals surface area contributed by atoms with E-state index < -0.39 is 0 Å². The number of nitrogens with one attached hydrogen (secondary N) is 1. The van der Waals surface area contributed by atoms with Crippen LogP contribution in [0.1, 0.15) is 17.8 Å². The van der Waals surface area contributed by atoms with Gasteiger partial charge < -0.3 is 5.32 Å². The van der Waals surface area contributed by atoms with Crippen LogP contribution in [0, 0.1) is 5.82 Å². The van der Waals surface area contributed by atoms with Crippen LogP contribution in [0.4, 0.5) is 10.1 Å². The number of hydrogen-bond acceptors (Lipinski definition) is 5. The summed E-state index contributed by atoms with van der Waals surface area (Å²) in [5, 5.41) is 16.1. The number of anilines is 1. The molecule has 0 fully saturated rings. The Hall–Kier alpha value is -1.80. The van der Waals surface area contributed by atoms with E-state index in [1.54, 1.807) is 23.5 Å². The maximum atomic E-state index is 14.0. The highest BCUT2D eigenvalue weighted by Gasteiger charge is 2.12. The summed E-state index contributed by atoms with van der Waals surface area (Å²) < 4.78 is 16.5. The Kier molecular flexibility index (Phi) is 3.98. The number of aromatic nitrogens is 4. The quantitative estimate of drug-likeness (QED) is 0.761. The van der Waals surface area contributed by atoms with Crippen LogP contribution in [0.15, 0.2) is 40.4 Å². The summed E-state index contributed by atoms with van der Waals surface area (Å²) in [4.78, 5) is 1.12. The molecule has 1 atom stereocenters. The summed E-state index contributed by atoms with van der Waals surface area (Å²) in [6.07, 6.45) is 1.47. The molecule has 108 valence electrons. The minimum atomic E-state index is -0.311. The van der Waals surface area contributed by atoms with Gasteiger partial charge in [0.15, 0.2) is 0 Å². The predicted octanol–water partition coefficient (Wildman–Crippen LogP) is 3.80. The standard InChI is InChI=1S/C13H11BrFN5S/c1-8(13-4-9(14)6-21-13)17-12-5-10(2-3-11(12)15)20-7-16-18-19-20/h2-8,17H,1H3. The lowest BCUT2D eigenvalue weighted by atomic mass is 10.2. The Balaban J connectivity index is 1.86. The van der Waals surface area contributed by atoms with E-state index in [1.165, 1.54) is 17.1 Å². The van der Waals surface area contributed by atoms with Crippen LogP contribution in [-0.2, 0) is 0 Å². The summed E-state index contributed by atoms with van der Waals surface area (Å²) in [5.74, 6) is -0.311. The van der Waals surface area contributed by atoms with Gasteiger partial charge in [0.1, 0.15) is 12.1 Å². The summed E-state index contributed by atoms with van der Waals surface area (Å²) in [6.45, 7) is 1.99. The Morgan fingerprint density at radius 2 is 2.24 bits per heavy atom. The largest absolute Gasteiger partial charge is 0.375 e. The van der Waals surface area contributed by atoms with Crippen molar-refractivity contribution < 1.29 is 4.39 Å². The summed E-state index contributed by atoms with van der Waals surface area (Å²) in [5.41, 5.74) is 1.11. The predicted molar refractivity (Wildman–Crippen MR) is 83.2 cm³/mol. The molecule has 5 nitrogen and oxygen atoms in total. The molecule has 0 saturated carbocycles. The third-order valence-corrected chi connectivity index (χ3v) is 4.83. The van der Waals surface area contributed by atoms with Crippen molar-refractivity contribution in [3.05, 3.63) is 51.1 Å². The van der Waals surface area contributed by atoms with Crippen molar-refractivity contribution in [3.63, 3.8) is 0 Å². The molecule has 0 amide bonds. The first kappa shape index (κ1) is 14.2. The summed E-state index contributed by atoms with van der Waals surface area (Å²) >= 11 is 5.04. The fraction of sp³-hybridized carbons (Fsp3) is 0.154. The van der Waals surface area contributed by atoms with Gasteiger partial charge in [-0.05, 0) is 57.5 Å². The van der Waals surface area contributed by atoms with E-state index in [4.69, 9.17) is 0 Å². The first-order valence-corrected chi connectivity index (χ1v) is 7.84. The van der Waals surface area contributed by atoms with E-state index in [2.05, 4.69) is 36.8 Å². The molecule has 3 aromatic rings. The Morgan fingerprint density at radius 3 is 2.90 bits per heavy atom. The zero-order chi connectivity index (χ0) is 14.8. The van der Waals surface area contributed by atoms with E-state index >= 15 is 0 Å². The second-order valence-corrected chi connectivity index (χ2v) is 6.31. The fourth-order valence-electron chi connectivity index (χ4n) is 1.91. The van der Waals surface area contributed by atoms with E-state index in [1.807, 2.05) is 18.4 Å². The van der Waals surface area contributed by atoms with Crippen molar-refractivity contribution in [1.29, 1.82) is 0 Å². The lowest BCUT2D eigenvalue weighted by molar-refractivity contribution is 0.626. The Morgan fingerprint density at radius 1 is 1.38 bits per heavy atom. The van der Waals surface area contributed by atoms with Crippen LogP contribution in [0.5, 0.6) is 0 Å². The molecular weight excluding hydrogens is 357 g/mol. The van der Waals surface area contributed by atoms with Gasteiger partial charge in [-0.3, -0.25) is 0 Å². The van der Waals surface area contributed by atoms with Crippen LogP contribution in [0.3, 0.4) is 0 Å². The van der Waals surface area contributed by atoms with E-state index in [-0.39, 0.29) is 11.9 Å². The second-order valence-electron chi connectivity index (χ2n) is 4.45. The topological polar surface area (TPSA) is 55.6 Å². The average molecular weight is 368 g/mol. The highest BCUT2D eigenvalue weighted by molar-refractivity contribution is 9.10. The van der Waals surface area contributed by atoms with Crippen LogP contribution >= 0.6 is 27.3 Å². The lowest BCUT2D eigenvalue weighted by Gasteiger charge is -2.15. The van der Waals surface area contributed by atoms with Gasteiger partial charge in [-0.15, -0.1) is 16.4 Å². The number of rotatable bonds is 4. The normalized spacial score (nSPS) is 12.3. The van der Waals surface area contributed by atoms with Crippen molar-refractivity contribution in [2.24, 2.45) is 0 Å². The van der Waals surface area contributed by atoms with Gasteiger partial charge in [0.25, 0.3) is 0 Å². The van der Waals surface area contributed by atoms with Crippen molar-refractivity contribution in [3.8, 4) is 5.69 Å². The van der Waals surface area contributed by atoms with Crippen LogP contribution in [0.2, 0.25) is 0 Å². The molecule has 0 aliphatic heterocycles. The molecular formula is C13H11BrFN5S. The monoisotopic (exact) mass is 367 g/mol. The van der Waals surface area contributed by atoms with Crippen LogP contribution in [-0.4, -0.2) is 20.2 Å². The van der Waals surface area contributed by atoms with E-state index in [0.29, 0.717) is 11.4 Å². The number of hydrogen-bond donors (Lipinski definition) is 1. The third-order valence-electron chi connectivity index (χ3n) is 2.95. The van der Waals surface area contributed by atoms with Crippen LogP contribution in [0.25, 0.3) is 5.69 Å². The number of halogens is 2. The number of tetrazole rings is 1. The van der Waals surface area contributed by atoms with Crippen molar-refractivity contribution in [2.75, 3.05) is 5.32 Å². The molecule has 0 saturated heterocycles. The van der Waals surface area contributed by atoms with Gasteiger partial charge in [0.2, 0.25) is 0 Å². The smallest absolute Gasteiger partial charge is 0.146 e. The molecule has 21 heavy (non-hydrogen) atoms. The fourth-order valence-corrected chi connectivity index (χ4v) is 3.36. The number of thiophene rings is 1. The molecule has 8 heteroatoms. The zero-order valence-electron chi connectivity index (χ0n) is 11.0. The molecule has 0 radical (unpaired) electrons. The lowest BCUT2D eigenvalue weighted by Crippen LogP contribution is -2.07. The molecule has 1 unspecified atom stereocenters. The molecule has 0 spiro atoms. The maximum Gasteiger partial charge on any atom is 0.146 e. The zero-order valence-corrected chi connectivity index (χ0v) is 13.4. The maximum absolute atomic E-state index is 14.0. The van der Waals surface area contributed by atoms with Gasteiger partial charge in [0, 0.05) is 14.7 Å². The van der Waals surface area contributed by atoms with Crippen molar-refractivity contribution in [1.82, 2.24) is 20.2 Å². The van der Waals surface area contributed by atoms with Gasteiger partial charge in [0.05, 0.1) is 17.4 Å². The molecule has 1 aromatic carbocycles. The summed E-state index contributed by atoms with van der Waals surface area (Å²) in [7, 11) is 0. The minimum Gasteiger partial charge on any atom is -0.375 e. The first-order valence-electron chi connectivity index (χ1n) is 6.17. The number of nitrogens with zero attached hydrogens (tertiary/aromatic N) is 4. The van der Waals surface area contributed by atoms with E-state index in [9.17, 15) is 4.39 Å². The molecule has 3 rings (SSSR count). The van der Waals surface area contributed by atoms with Gasteiger partial charge in [-0.1, -0.05) is 0 Å². The first-order chi connectivity index (χ1) is 10.1. The average Bonchev–Trinajstić information content (AvgIpc) is 3.12. The Bertz CT molecular complexity index is 743. The van der Waals surface area contributed by atoms with Gasteiger partial charge in [-0.2, -0.15) is 0 Å². The SMILES string of the molecule is CC(Nc1cc(-n2cnnn2)ccc1F)c1cc(Br)cs1. The Labute approximate surface area is 132 Å². The molecule has 2 aromatic heterocycles. The highest BCUT2D eigenvalue weighted by Crippen LogP contribution is 2.29. The molecule has 0 aliphatic carbocycles. The molecule has 1 N–H and O–H groups in total. The molecule has 0 bridgehead atoms. The molecule has 2 heterocycles. The number of benzene rings is 1. The van der Waals surface area contributed by atoms with Crippen molar-refractivity contribution in [2.45, 2.75) is 13.0 Å². The van der Waals surface area contributed by atoms with Gasteiger partial charge in [-0.25, -0.2) is 9.07 Å². The minimum absolute atomic E-state index is 0.0000728. The van der Waals surface area contributed by atoms with Gasteiger partial charge >= 0.3 is 0 Å². The van der Waals surface area contributed by atoms with Crippen LogP contribution < -0.4 is 5.32 Å². The van der Waals surface area contributed by atoms with Crippen molar-refractivity contribution >= 4 is 33.0 Å². The van der Waals surface area contributed by atoms with E-state index in [0.717, 1.165) is 9.35 Å². The summed E-state index contributed by atoms with van der Waals surface area (Å²) in [6, 6.07) is 6.73. The molecule has 0 aliphatic rings.